The Bertz CT molecular complexity index is 631. The van der Waals surface area contributed by atoms with Gasteiger partial charge in [0.2, 0.25) is 0 Å². The zero-order valence-corrected chi connectivity index (χ0v) is 12.6. The van der Waals surface area contributed by atoms with Gasteiger partial charge in [0, 0.05) is 12.6 Å². The Morgan fingerprint density at radius 3 is 2.95 bits per heavy atom. The van der Waals surface area contributed by atoms with Crippen LogP contribution in [-0.4, -0.2) is 28.4 Å². The predicted octanol–water partition coefficient (Wildman–Crippen LogP) is 3.81. The first-order valence-corrected chi connectivity index (χ1v) is 8.51. The zero-order chi connectivity index (χ0) is 14.2. The molecular weight excluding hydrogens is 284 g/mol. The van der Waals surface area contributed by atoms with Crippen LogP contribution < -0.4 is 0 Å². The van der Waals surface area contributed by atoms with E-state index in [1.165, 1.54) is 25.7 Å². The first-order chi connectivity index (χ1) is 10.3. The molecule has 110 valence electrons. The van der Waals surface area contributed by atoms with E-state index >= 15 is 0 Å². The van der Waals surface area contributed by atoms with Gasteiger partial charge < -0.3 is 9.32 Å². The maximum atomic E-state index is 12.9. The minimum atomic E-state index is 0.0431. The molecule has 0 spiro atoms. The van der Waals surface area contributed by atoms with E-state index in [1.54, 1.807) is 11.3 Å². The number of hydrogen-bond acceptors (Lipinski definition) is 4. The third-order valence-electron chi connectivity index (χ3n) is 4.77. The monoisotopic (exact) mass is 302 g/mol. The average molecular weight is 302 g/mol. The molecule has 1 aliphatic carbocycles. The Labute approximate surface area is 127 Å². The number of aromatic nitrogens is 1. The van der Waals surface area contributed by atoms with Crippen molar-refractivity contribution in [1.29, 1.82) is 0 Å². The lowest BCUT2D eigenvalue weighted by molar-refractivity contribution is 0.0621. The number of nitrogens with zero attached hydrogens (tertiary/aromatic N) is 2. The lowest BCUT2D eigenvalue weighted by Crippen LogP contribution is -2.42. The van der Waals surface area contributed by atoms with Crippen molar-refractivity contribution in [2.75, 3.05) is 6.54 Å². The van der Waals surface area contributed by atoms with Gasteiger partial charge in [-0.3, -0.25) is 4.79 Å². The summed E-state index contributed by atoms with van der Waals surface area (Å²) in [5, 5.41) is 1.99. The number of thiophene rings is 1. The van der Waals surface area contributed by atoms with E-state index in [4.69, 9.17) is 4.42 Å². The molecule has 4 nitrogen and oxygen atoms in total. The molecule has 4 rings (SSSR count). The van der Waals surface area contributed by atoms with Crippen LogP contribution in [0.25, 0.3) is 10.6 Å². The standard InChI is InChI=1S/C16H18N2O2S/c19-16(18-8-2-6-12(18)11-4-1-5-11)14-15(20-10-17-14)13-7-3-9-21-13/h3,7,9-12H,1-2,4-6,8H2/t12-/m0/s1. The van der Waals surface area contributed by atoms with Gasteiger partial charge in [0.05, 0.1) is 4.88 Å². The molecule has 1 saturated heterocycles. The Hall–Kier alpha value is -1.62. The summed E-state index contributed by atoms with van der Waals surface area (Å²) in [5.74, 6) is 1.37. The Balaban J connectivity index is 1.61. The van der Waals surface area contributed by atoms with Crippen molar-refractivity contribution in [1.82, 2.24) is 9.88 Å². The van der Waals surface area contributed by atoms with E-state index in [2.05, 4.69) is 4.98 Å². The number of carbonyl (C=O) groups excluding carboxylic acids is 1. The second-order valence-electron chi connectivity index (χ2n) is 5.91. The van der Waals surface area contributed by atoms with Gasteiger partial charge in [0.15, 0.2) is 17.8 Å². The quantitative estimate of drug-likeness (QED) is 0.866. The summed E-state index contributed by atoms with van der Waals surface area (Å²) in [6.45, 7) is 0.858. The third kappa shape index (κ3) is 2.20. The SMILES string of the molecule is O=C(c1ncoc1-c1cccs1)N1CCC[C@H]1C1CCC1. The fourth-order valence-electron chi connectivity index (χ4n) is 3.48. The molecule has 0 unspecified atom stereocenters. The smallest absolute Gasteiger partial charge is 0.276 e. The molecule has 0 N–H and O–H groups in total. The minimum Gasteiger partial charge on any atom is -0.442 e. The maximum absolute atomic E-state index is 12.9. The Morgan fingerprint density at radius 2 is 2.24 bits per heavy atom. The van der Waals surface area contributed by atoms with E-state index in [0.29, 0.717) is 23.4 Å². The van der Waals surface area contributed by atoms with Crippen molar-refractivity contribution >= 4 is 17.2 Å². The third-order valence-corrected chi connectivity index (χ3v) is 5.64. The van der Waals surface area contributed by atoms with Crippen molar-refractivity contribution in [3.8, 4) is 10.6 Å². The van der Waals surface area contributed by atoms with Gasteiger partial charge in [0.25, 0.3) is 5.91 Å². The number of likely N-dealkylation sites (tertiary alicyclic amines) is 1. The summed E-state index contributed by atoms with van der Waals surface area (Å²) >= 11 is 1.57. The molecule has 2 aliphatic rings. The first kappa shape index (κ1) is 13.1. The largest absolute Gasteiger partial charge is 0.442 e. The van der Waals surface area contributed by atoms with Crippen LogP contribution in [0.2, 0.25) is 0 Å². The van der Waals surface area contributed by atoms with E-state index in [1.807, 2.05) is 22.4 Å². The summed E-state index contributed by atoms with van der Waals surface area (Å²) in [7, 11) is 0. The van der Waals surface area contributed by atoms with E-state index in [0.717, 1.165) is 24.3 Å². The Kier molecular flexibility index (Phi) is 3.30. The number of oxazole rings is 1. The zero-order valence-electron chi connectivity index (χ0n) is 11.8. The molecular formula is C16H18N2O2S. The number of hydrogen-bond donors (Lipinski definition) is 0. The molecule has 1 amide bonds. The van der Waals surface area contributed by atoms with Gasteiger partial charge in [-0.25, -0.2) is 4.98 Å². The van der Waals surface area contributed by atoms with Crippen molar-refractivity contribution in [3.05, 3.63) is 29.6 Å². The fourth-order valence-corrected chi connectivity index (χ4v) is 4.19. The molecule has 3 heterocycles. The van der Waals surface area contributed by atoms with Gasteiger partial charge >= 0.3 is 0 Å². The summed E-state index contributed by atoms with van der Waals surface area (Å²) in [6, 6.07) is 4.35. The van der Waals surface area contributed by atoms with Crippen molar-refractivity contribution in [3.63, 3.8) is 0 Å². The second kappa shape index (κ2) is 5.30. The highest BCUT2D eigenvalue weighted by Gasteiger charge is 2.39. The number of carbonyl (C=O) groups is 1. The highest BCUT2D eigenvalue weighted by molar-refractivity contribution is 7.13. The minimum absolute atomic E-state index is 0.0431. The van der Waals surface area contributed by atoms with Crippen molar-refractivity contribution in [2.24, 2.45) is 5.92 Å². The summed E-state index contributed by atoms with van der Waals surface area (Å²) < 4.78 is 5.48. The van der Waals surface area contributed by atoms with E-state index in [9.17, 15) is 4.79 Å². The second-order valence-corrected chi connectivity index (χ2v) is 6.85. The van der Waals surface area contributed by atoms with Crippen LogP contribution in [0, 0.1) is 5.92 Å². The van der Waals surface area contributed by atoms with Gasteiger partial charge in [-0.15, -0.1) is 11.3 Å². The highest BCUT2D eigenvalue weighted by Crippen LogP contribution is 2.38. The number of amides is 1. The summed E-state index contributed by atoms with van der Waals surface area (Å²) in [5.41, 5.74) is 0.476. The van der Waals surface area contributed by atoms with E-state index < -0.39 is 0 Å². The molecule has 21 heavy (non-hydrogen) atoms. The lowest BCUT2D eigenvalue weighted by Gasteiger charge is -2.36. The molecule has 2 fully saturated rings. The molecule has 1 atom stereocenters. The molecule has 1 saturated carbocycles. The molecule has 2 aromatic rings. The number of rotatable bonds is 3. The average Bonchev–Trinajstić information content (AvgIpc) is 3.17. The summed E-state index contributed by atoms with van der Waals surface area (Å²) in [4.78, 5) is 20.1. The van der Waals surface area contributed by atoms with Crippen LogP contribution in [0.4, 0.5) is 0 Å². The van der Waals surface area contributed by atoms with E-state index in [-0.39, 0.29) is 5.91 Å². The van der Waals surface area contributed by atoms with Gasteiger partial charge in [-0.1, -0.05) is 12.5 Å². The molecule has 1 aliphatic heterocycles. The van der Waals surface area contributed by atoms with Gasteiger partial charge in [0.1, 0.15) is 0 Å². The topological polar surface area (TPSA) is 46.3 Å². The first-order valence-electron chi connectivity index (χ1n) is 7.63. The summed E-state index contributed by atoms with van der Waals surface area (Å²) in [6.07, 6.45) is 7.49. The molecule has 0 radical (unpaired) electrons. The van der Waals surface area contributed by atoms with Crippen molar-refractivity contribution in [2.45, 2.75) is 38.1 Å². The van der Waals surface area contributed by atoms with Crippen LogP contribution in [0.15, 0.2) is 28.3 Å². The Morgan fingerprint density at radius 1 is 1.33 bits per heavy atom. The van der Waals surface area contributed by atoms with Crippen molar-refractivity contribution < 1.29 is 9.21 Å². The maximum Gasteiger partial charge on any atom is 0.276 e. The van der Waals surface area contributed by atoms with Crippen LogP contribution in [0.1, 0.15) is 42.6 Å². The van der Waals surface area contributed by atoms with Crippen LogP contribution in [0.3, 0.4) is 0 Å². The van der Waals surface area contributed by atoms with Crippen LogP contribution in [-0.2, 0) is 0 Å². The van der Waals surface area contributed by atoms with Gasteiger partial charge in [-0.2, -0.15) is 0 Å². The molecule has 0 bridgehead atoms. The van der Waals surface area contributed by atoms with Gasteiger partial charge in [-0.05, 0) is 43.0 Å². The molecule has 0 aromatic carbocycles. The van der Waals surface area contributed by atoms with Crippen LogP contribution >= 0.6 is 11.3 Å². The van der Waals surface area contributed by atoms with Crippen LogP contribution in [0.5, 0.6) is 0 Å². The normalized spacial score (nSPS) is 22.5. The lowest BCUT2D eigenvalue weighted by atomic mass is 9.79. The highest BCUT2D eigenvalue weighted by atomic mass is 32.1. The molecule has 2 aromatic heterocycles. The molecule has 5 heteroatoms. The predicted molar refractivity (Wildman–Crippen MR) is 81.2 cm³/mol. The fraction of sp³-hybridized carbons (Fsp3) is 0.500.